The molecule has 3 heterocycles. The molecule has 3 N–H and O–H groups in total. The largest absolute Gasteiger partial charge is 0.496 e. The molecule has 6 nitrogen and oxygen atoms in total. The van der Waals surface area contributed by atoms with Gasteiger partial charge in [-0.3, -0.25) is 9.69 Å². The number of carbonyl (C=O) groups is 1. The lowest BCUT2D eigenvalue weighted by Gasteiger charge is -2.30. The first kappa shape index (κ1) is 19.3. The highest BCUT2D eigenvalue weighted by Crippen LogP contribution is 2.39. The number of aromatic amines is 1. The number of halogens is 2. The van der Waals surface area contributed by atoms with E-state index < -0.39 is 11.6 Å². The fourth-order valence-electron chi connectivity index (χ4n) is 4.06. The lowest BCUT2D eigenvalue weighted by atomic mass is 9.93. The fourth-order valence-corrected chi connectivity index (χ4v) is 4.06. The first-order valence-electron chi connectivity index (χ1n) is 9.48. The molecule has 0 spiro atoms. The van der Waals surface area contributed by atoms with Gasteiger partial charge in [-0.25, -0.2) is 13.8 Å². The minimum atomic E-state index is -0.539. The maximum absolute atomic E-state index is 14.8. The van der Waals surface area contributed by atoms with Gasteiger partial charge in [-0.15, -0.1) is 0 Å². The van der Waals surface area contributed by atoms with Crippen molar-refractivity contribution in [2.24, 2.45) is 5.73 Å². The van der Waals surface area contributed by atoms with Crippen LogP contribution in [0.2, 0.25) is 0 Å². The Labute approximate surface area is 166 Å². The van der Waals surface area contributed by atoms with Gasteiger partial charge < -0.3 is 15.5 Å². The Morgan fingerprint density at radius 3 is 2.76 bits per heavy atom. The molecule has 2 aromatic heterocycles. The summed E-state index contributed by atoms with van der Waals surface area (Å²) in [6, 6.07) is 5.92. The number of nitrogens with zero attached hydrogens (tertiary/aromatic N) is 2. The zero-order valence-corrected chi connectivity index (χ0v) is 16.0. The highest BCUT2D eigenvalue weighted by atomic mass is 19.1. The number of pyridine rings is 1. The van der Waals surface area contributed by atoms with Crippen molar-refractivity contribution in [2.75, 3.05) is 26.7 Å². The molecule has 3 aromatic rings. The summed E-state index contributed by atoms with van der Waals surface area (Å²) in [7, 11) is 1.47. The smallest absolute Gasteiger partial charge is 0.231 e. The molecule has 4 rings (SSSR count). The van der Waals surface area contributed by atoms with E-state index in [2.05, 4.69) is 9.97 Å². The average Bonchev–Trinajstić information content (AvgIpc) is 3.12. The molecule has 1 saturated heterocycles. The molecule has 1 aromatic carbocycles. The summed E-state index contributed by atoms with van der Waals surface area (Å²) >= 11 is 0. The van der Waals surface area contributed by atoms with E-state index in [0.717, 1.165) is 37.8 Å². The molecule has 8 heteroatoms. The van der Waals surface area contributed by atoms with Crippen LogP contribution < -0.4 is 10.5 Å². The second-order valence-corrected chi connectivity index (χ2v) is 7.33. The summed E-state index contributed by atoms with van der Waals surface area (Å²) in [6.45, 7) is 1.78. The summed E-state index contributed by atoms with van der Waals surface area (Å²) in [4.78, 5) is 20.6. The van der Waals surface area contributed by atoms with Gasteiger partial charge >= 0.3 is 0 Å². The molecule has 0 bridgehead atoms. The van der Waals surface area contributed by atoms with Gasteiger partial charge in [0, 0.05) is 28.1 Å². The summed E-state index contributed by atoms with van der Waals surface area (Å²) in [6.07, 6.45) is 2.83. The minimum absolute atomic E-state index is 0.235. The Morgan fingerprint density at radius 1 is 1.31 bits per heavy atom. The lowest BCUT2D eigenvalue weighted by Crippen LogP contribution is -2.39. The predicted octanol–water partition coefficient (Wildman–Crippen LogP) is 3.18. The third-order valence-electron chi connectivity index (χ3n) is 5.47. The summed E-state index contributed by atoms with van der Waals surface area (Å²) in [5, 5.41) is 0.587. The summed E-state index contributed by atoms with van der Waals surface area (Å²) in [5.74, 6) is -0.715. The number of ether oxygens (including phenoxy) is 1. The van der Waals surface area contributed by atoms with Crippen LogP contribution in [-0.4, -0.2) is 47.5 Å². The number of primary amides is 1. The predicted molar refractivity (Wildman–Crippen MR) is 106 cm³/mol. The molecule has 0 atom stereocenters. The number of nitrogens with one attached hydrogen (secondary N) is 1. The average molecular weight is 400 g/mol. The minimum Gasteiger partial charge on any atom is -0.496 e. The number of amides is 1. The van der Waals surface area contributed by atoms with Crippen molar-refractivity contribution in [2.45, 2.75) is 18.8 Å². The number of fused-ring (bicyclic) bond motifs is 1. The monoisotopic (exact) mass is 400 g/mol. The van der Waals surface area contributed by atoms with Crippen molar-refractivity contribution in [1.29, 1.82) is 0 Å². The van der Waals surface area contributed by atoms with E-state index in [-0.39, 0.29) is 23.9 Å². The van der Waals surface area contributed by atoms with Gasteiger partial charge in [0.25, 0.3) is 0 Å². The van der Waals surface area contributed by atoms with Gasteiger partial charge in [-0.1, -0.05) is 0 Å². The third-order valence-corrected chi connectivity index (χ3v) is 5.47. The summed E-state index contributed by atoms with van der Waals surface area (Å²) < 4.78 is 34.0. The van der Waals surface area contributed by atoms with Crippen LogP contribution >= 0.6 is 0 Å². The van der Waals surface area contributed by atoms with Crippen molar-refractivity contribution in [3.8, 4) is 16.9 Å². The maximum Gasteiger partial charge on any atom is 0.231 e. The molecule has 0 unspecified atom stereocenters. The van der Waals surface area contributed by atoms with Gasteiger partial charge in [0.2, 0.25) is 5.91 Å². The number of piperidine rings is 1. The molecule has 0 aliphatic carbocycles. The van der Waals surface area contributed by atoms with Crippen LogP contribution in [0, 0.1) is 11.6 Å². The number of hydrogen-bond acceptors (Lipinski definition) is 4. The van der Waals surface area contributed by atoms with Crippen LogP contribution in [0.15, 0.2) is 30.5 Å². The van der Waals surface area contributed by atoms with Crippen LogP contribution in [0.3, 0.4) is 0 Å². The van der Waals surface area contributed by atoms with Crippen LogP contribution in [0.5, 0.6) is 5.75 Å². The van der Waals surface area contributed by atoms with Crippen molar-refractivity contribution in [3.05, 3.63) is 47.8 Å². The Balaban J connectivity index is 1.70. The number of rotatable bonds is 5. The van der Waals surface area contributed by atoms with Gasteiger partial charge in [-0.05, 0) is 50.2 Å². The number of aromatic nitrogens is 2. The number of benzene rings is 1. The van der Waals surface area contributed by atoms with E-state index in [4.69, 9.17) is 10.5 Å². The number of nitrogens with two attached hydrogens (primary N) is 1. The van der Waals surface area contributed by atoms with Crippen molar-refractivity contribution >= 4 is 16.9 Å². The summed E-state index contributed by atoms with van der Waals surface area (Å²) in [5.41, 5.74) is 7.38. The molecule has 0 radical (unpaired) electrons. The Hall–Kier alpha value is -3.00. The van der Waals surface area contributed by atoms with Gasteiger partial charge in [0.1, 0.15) is 23.0 Å². The molecule has 1 amide bonds. The zero-order chi connectivity index (χ0) is 20.5. The molecule has 0 saturated carbocycles. The number of hydrogen-bond donors (Lipinski definition) is 2. The van der Waals surface area contributed by atoms with E-state index in [1.165, 1.54) is 25.3 Å². The number of likely N-dealkylation sites (tertiary alicyclic amines) is 1. The van der Waals surface area contributed by atoms with Crippen LogP contribution in [0.25, 0.3) is 22.2 Å². The van der Waals surface area contributed by atoms with E-state index in [1.807, 2.05) is 11.0 Å². The zero-order valence-electron chi connectivity index (χ0n) is 16.0. The number of methoxy groups -OCH3 is 1. The van der Waals surface area contributed by atoms with Gasteiger partial charge in [-0.2, -0.15) is 0 Å². The van der Waals surface area contributed by atoms with Gasteiger partial charge in [0.15, 0.2) is 0 Å². The number of carbonyl (C=O) groups excluding carboxylic acids is 1. The Bertz CT molecular complexity index is 1060. The van der Waals surface area contributed by atoms with E-state index in [0.29, 0.717) is 22.3 Å². The third kappa shape index (κ3) is 3.80. The molecule has 1 fully saturated rings. The molecule has 1 aliphatic rings. The van der Waals surface area contributed by atoms with Crippen LogP contribution in [0.4, 0.5) is 8.78 Å². The molecular weight excluding hydrogens is 378 g/mol. The van der Waals surface area contributed by atoms with Crippen LogP contribution in [0.1, 0.15) is 24.5 Å². The Kier molecular flexibility index (Phi) is 5.19. The molecule has 1 aliphatic heterocycles. The van der Waals surface area contributed by atoms with E-state index >= 15 is 0 Å². The second-order valence-electron chi connectivity index (χ2n) is 7.33. The SMILES string of the molecule is COc1ccc(F)cc1-c1c(F)cnc2[nH]c(C3CCN(CC(N)=O)CC3)cc12. The second kappa shape index (κ2) is 7.79. The van der Waals surface area contributed by atoms with Gasteiger partial charge in [0.05, 0.1) is 19.9 Å². The standard InChI is InChI=1S/C21H22F2N4O2/c1-29-18-3-2-13(22)8-14(18)20-15-9-17(26-21(15)25-10-16(20)23)12-4-6-27(7-5-12)11-19(24)28/h2-3,8-10,12H,4-7,11H2,1H3,(H2,24,28)(H,25,26). The molecular formula is C21H22F2N4O2. The first-order chi connectivity index (χ1) is 14.0. The molecule has 152 valence electrons. The van der Waals surface area contributed by atoms with E-state index in [1.54, 1.807) is 0 Å². The van der Waals surface area contributed by atoms with E-state index in [9.17, 15) is 13.6 Å². The van der Waals surface area contributed by atoms with Crippen molar-refractivity contribution < 1.29 is 18.3 Å². The van der Waals surface area contributed by atoms with Crippen LogP contribution in [-0.2, 0) is 4.79 Å². The first-order valence-corrected chi connectivity index (χ1v) is 9.48. The normalized spacial score (nSPS) is 15.7. The van der Waals surface area contributed by atoms with Crippen molar-refractivity contribution in [1.82, 2.24) is 14.9 Å². The highest BCUT2D eigenvalue weighted by Gasteiger charge is 2.24. The lowest BCUT2D eigenvalue weighted by molar-refractivity contribution is -0.119. The van der Waals surface area contributed by atoms with Crippen molar-refractivity contribution in [3.63, 3.8) is 0 Å². The molecule has 29 heavy (non-hydrogen) atoms. The number of H-pyrrole nitrogens is 1. The highest BCUT2D eigenvalue weighted by molar-refractivity contribution is 5.95. The maximum atomic E-state index is 14.8. The topological polar surface area (TPSA) is 84.2 Å². The quantitative estimate of drug-likeness (QED) is 0.689. The Morgan fingerprint density at radius 2 is 2.07 bits per heavy atom. The fraction of sp³-hybridized carbons (Fsp3) is 0.333.